The van der Waals surface area contributed by atoms with Gasteiger partial charge in [-0.05, 0) is 35.4 Å². The highest BCUT2D eigenvalue weighted by Gasteiger charge is 2.10. The number of fused-ring (bicyclic) bond motifs is 1. The van der Waals surface area contributed by atoms with Crippen molar-refractivity contribution in [2.75, 3.05) is 0 Å². The van der Waals surface area contributed by atoms with Crippen molar-refractivity contribution >= 4 is 22.6 Å². The zero-order valence-corrected chi connectivity index (χ0v) is 14.9. The number of ether oxygens (including phenoxy) is 1. The van der Waals surface area contributed by atoms with Gasteiger partial charge in [-0.3, -0.25) is 0 Å². The smallest absolute Gasteiger partial charge is 0.336 e. The predicted molar refractivity (Wildman–Crippen MR) is 104 cm³/mol. The van der Waals surface area contributed by atoms with Crippen molar-refractivity contribution < 1.29 is 13.5 Å². The summed E-state index contributed by atoms with van der Waals surface area (Å²) in [5.41, 5.74) is 2.40. The fraction of sp³-hybridized carbons (Fsp3) is 0.0455. The lowest BCUT2D eigenvalue weighted by atomic mass is 10.0. The van der Waals surface area contributed by atoms with Crippen molar-refractivity contribution in [2.24, 2.45) is 0 Å². The molecule has 0 aliphatic heterocycles. The average Bonchev–Trinajstić information content (AvgIpc) is 2.67. The number of benzene rings is 3. The van der Waals surface area contributed by atoms with E-state index in [-0.39, 0.29) is 6.61 Å². The molecule has 27 heavy (non-hydrogen) atoms. The molecule has 0 aliphatic carbocycles. The molecule has 0 radical (unpaired) electrons. The number of halogens is 2. The van der Waals surface area contributed by atoms with Crippen molar-refractivity contribution in [3.63, 3.8) is 0 Å². The molecule has 1 aromatic heterocycles. The molecule has 4 aromatic rings. The van der Waals surface area contributed by atoms with Crippen LogP contribution in [0.4, 0.5) is 4.39 Å². The van der Waals surface area contributed by atoms with Gasteiger partial charge in [0.05, 0.1) is 5.02 Å². The van der Waals surface area contributed by atoms with Crippen LogP contribution in [-0.4, -0.2) is 0 Å². The van der Waals surface area contributed by atoms with Gasteiger partial charge in [-0.25, -0.2) is 9.18 Å². The summed E-state index contributed by atoms with van der Waals surface area (Å²) in [5, 5.41) is 1.11. The third-order valence-electron chi connectivity index (χ3n) is 4.21. The lowest BCUT2D eigenvalue weighted by Crippen LogP contribution is -2.00. The molecule has 3 nitrogen and oxygen atoms in total. The maximum absolute atomic E-state index is 13.1. The van der Waals surface area contributed by atoms with E-state index in [4.69, 9.17) is 20.8 Å². The molecule has 0 amide bonds. The van der Waals surface area contributed by atoms with E-state index in [1.54, 1.807) is 18.2 Å². The van der Waals surface area contributed by atoms with E-state index in [0.717, 1.165) is 16.5 Å². The molecule has 0 fully saturated rings. The molecule has 0 N–H and O–H groups in total. The quantitative estimate of drug-likeness (QED) is 0.418. The fourth-order valence-electron chi connectivity index (χ4n) is 2.89. The highest BCUT2D eigenvalue weighted by Crippen LogP contribution is 2.30. The van der Waals surface area contributed by atoms with Gasteiger partial charge in [-0.15, -0.1) is 0 Å². The summed E-state index contributed by atoms with van der Waals surface area (Å²) in [4.78, 5) is 12.0. The van der Waals surface area contributed by atoms with Gasteiger partial charge in [0.2, 0.25) is 0 Å². The highest BCUT2D eigenvalue weighted by atomic mass is 35.5. The molecular formula is C22H14ClFO3. The van der Waals surface area contributed by atoms with E-state index in [9.17, 15) is 9.18 Å². The molecule has 0 aliphatic rings. The van der Waals surface area contributed by atoms with Gasteiger partial charge in [0.15, 0.2) is 0 Å². The Morgan fingerprint density at radius 1 is 0.963 bits per heavy atom. The van der Waals surface area contributed by atoms with Crippen molar-refractivity contribution in [2.45, 2.75) is 6.61 Å². The first-order chi connectivity index (χ1) is 13.1. The van der Waals surface area contributed by atoms with Crippen molar-refractivity contribution in [3.05, 3.63) is 99.6 Å². The fourth-order valence-corrected chi connectivity index (χ4v) is 3.11. The molecule has 0 spiro atoms. The minimum absolute atomic E-state index is 0.174. The summed E-state index contributed by atoms with van der Waals surface area (Å²) in [6.07, 6.45) is 0. The van der Waals surface area contributed by atoms with Crippen molar-refractivity contribution in [3.8, 4) is 16.9 Å². The van der Waals surface area contributed by atoms with Crippen LogP contribution < -0.4 is 10.4 Å². The Morgan fingerprint density at radius 3 is 2.56 bits per heavy atom. The molecule has 1 heterocycles. The van der Waals surface area contributed by atoms with Crippen molar-refractivity contribution in [1.29, 1.82) is 0 Å². The maximum atomic E-state index is 13.1. The molecule has 0 unspecified atom stereocenters. The Morgan fingerprint density at radius 2 is 1.78 bits per heavy atom. The largest absolute Gasteiger partial charge is 0.489 e. The first kappa shape index (κ1) is 17.3. The van der Waals surface area contributed by atoms with Crippen LogP contribution in [-0.2, 0) is 6.61 Å². The van der Waals surface area contributed by atoms with E-state index >= 15 is 0 Å². The summed E-state index contributed by atoms with van der Waals surface area (Å²) in [7, 11) is 0. The van der Waals surface area contributed by atoms with E-state index in [1.807, 2.05) is 36.4 Å². The van der Waals surface area contributed by atoms with Gasteiger partial charge in [-0.2, -0.15) is 0 Å². The Labute approximate surface area is 159 Å². The standard InChI is InChI=1S/C22H14ClFO3/c23-20-10-16(24)7-6-15(20)13-26-17-8-9-18-19(14-4-2-1-3-5-14)12-22(25)27-21(18)11-17/h1-12H,13H2. The Balaban J connectivity index is 1.67. The molecule has 0 atom stereocenters. The SMILES string of the molecule is O=c1cc(-c2ccccc2)c2ccc(OCc3ccc(F)cc3Cl)cc2o1. The van der Waals surface area contributed by atoms with Crippen LogP contribution in [0.5, 0.6) is 5.75 Å². The minimum Gasteiger partial charge on any atom is -0.489 e. The monoisotopic (exact) mass is 380 g/mol. The first-order valence-corrected chi connectivity index (χ1v) is 8.68. The zero-order valence-electron chi connectivity index (χ0n) is 14.1. The second-order valence-corrected chi connectivity index (χ2v) is 6.43. The molecule has 4 rings (SSSR count). The molecule has 3 aromatic carbocycles. The van der Waals surface area contributed by atoms with E-state index < -0.39 is 11.4 Å². The Bertz CT molecular complexity index is 1170. The molecular weight excluding hydrogens is 367 g/mol. The Hall–Kier alpha value is -3.11. The molecule has 0 saturated carbocycles. The van der Waals surface area contributed by atoms with Crippen LogP contribution in [0.2, 0.25) is 5.02 Å². The van der Waals surface area contributed by atoms with Crippen LogP contribution >= 0.6 is 11.6 Å². The second kappa shape index (κ2) is 7.25. The molecule has 0 bridgehead atoms. The van der Waals surface area contributed by atoms with Crippen LogP contribution in [0.3, 0.4) is 0 Å². The van der Waals surface area contributed by atoms with Crippen LogP contribution in [0.15, 0.2) is 82.0 Å². The van der Waals surface area contributed by atoms with Gasteiger partial charge in [0.25, 0.3) is 0 Å². The minimum atomic E-state index is -0.430. The van der Waals surface area contributed by atoms with Crippen LogP contribution in [0.25, 0.3) is 22.1 Å². The summed E-state index contributed by atoms with van der Waals surface area (Å²) in [6.45, 7) is 0.174. The van der Waals surface area contributed by atoms with Crippen LogP contribution in [0, 0.1) is 5.82 Å². The summed E-state index contributed by atoms with van der Waals surface area (Å²) < 4.78 is 24.2. The normalized spacial score (nSPS) is 10.9. The molecule has 5 heteroatoms. The summed E-state index contributed by atoms with van der Waals surface area (Å²) in [5.74, 6) is 0.126. The number of rotatable bonds is 4. The van der Waals surface area contributed by atoms with Gasteiger partial charge in [0, 0.05) is 23.1 Å². The lowest BCUT2D eigenvalue weighted by Gasteiger charge is -2.10. The van der Waals surface area contributed by atoms with Gasteiger partial charge >= 0.3 is 5.63 Å². The summed E-state index contributed by atoms with van der Waals surface area (Å²) >= 11 is 6.02. The number of hydrogen-bond acceptors (Lipinski definition) is 3. The third-order valence-corrected chi connectivity index (χ3v) is 4.56. The summed E-state index contributed by atoms with van der Waals surface area (Å²) in [6, 6.07) is 20.6. The van der Waals surface area contributed by atoms with Gasteiger partial charge in [-0.1, -0.05) is 48.0 Å². The van der Waals surface area contributed by atoms with E-state index in [1.165, 1.54) is 18.2 Å². The van der Waals surface area contributed by atoms with Gasteiger partial charge < -0.3 is 9.15 Å². The molecule has 0 saturated heterocycles. The first-order valence-electron chi connectivity index (χ1n) is 8.30. The average molecular weight is 381 g/mol. The van der Waals surface area contributed by atoms with Crippen LogP contribution in [0.1, 0.15) is 5.56 Å². The van der Waals surface area contributed by atoms with E-state index in [2.05, 4.69) is 0 Å². The molecule has 134 valence electrons. The maximum Gasteiger partial charge on any atom is 0.336 e. The number of hydrogen-bond donors (Lipinski definition) is 0. The lowest BCUT2D eigenvalue weighted by molar-refractivity contribution is 0.306. The van der Waals surface area contributed by atoms with Crippen molar-refractivity contribution in [1.82, 2.24) is 0 Å². The Kier molecular flexibility index (Phi) is 4.65. The third kappa shape index (κ3) is 3.71. The van der Waals surface area contributed by atoms with E-state index in [0.29, 0.717) is 21.9 Å². The predicted octanol–water partition coefficient (Wildman–Crippen LogP) is 5.83. The highest BCUT2D eigenvalue weighted by molar-refractivity contribution is 6.31. The zero-order chi connectivity index (χ0) is 18.8. The second-order valence-electron chi connectivity index (χ2n) is 6.03. The van der Waals surface area contributed by atoms with Gasteiger partial charge in [0.1, 0.15) is 23.8 Å². The topological polar surface area (TPSA) is 39.4 Å².